The summed E-state index contributed by atoms with van der Waals surface area (Å²) in [6, 6.07) is 0.192. The van der Waals surface area contributed by atoms with Gasteiger partial charge in [-0.3, -0.25) is 9.59 Å². The molecule has 1 aliphatic carbocycles. The molecule has 1 aliphatic rings. The first-order valence-electron chi connectivity index (χ1n) is 6.39. The van der Waals surface area contributed by atoms with E-state index in [2.05, 4.69) is 10.6 Å². The fourth-order valence-corrected chi connectivity index (χ4v) is 2.31. The largest absolute Gasteiger partial charge is 0.352 e. The third-order valence-electron chi connectivity index (χ3n) is 3.38. The maximum absolute atomic E-state index is 11.5. The van der Waals surface area contributed by atoms with Gasteiger partial charge in [-0.1, -0.05) is 19.3 Å². The average Bonchev–Trinajstić information content (AvgIpc) is 2.36. The molecule has 17 heavy (non-hydrogen) atoms. The number of carbonyl (C=O) groups excluding carboxylic acids is 2. The standard InChI is InChI=1S/C12H23N3O2/c1-9(10-5-3-2-4-6-10)15-12(17)8-14-11(16)7-13/h9-10H,2-8,13H2,1H3,(H,14,16)(H,15,17)/t9-/m1/s1. The number of carbonyl (C=O) groups is 2. The van der Waals surface area contributed by atoms with Gasteiger partial charge >= 0.3 is 0 Å². The zero-order valence-electron chi connectivity index (χ0n) is 10.5. The summed E-state index contributed by atoms with van der Waals surface area (Å²) in [4.78, 5) is 22.4. The Balaban J connectivity index is 2.22. The molecule has 0 aromatic heterocycles. The van der Waals surface area contributed by atoms with Gasteiger partial charge in [-0.2, -0.15) is 0 Å². The first kappa shape index (κ1) is 14.0. The topological polar surface area (TPSA) is 84.2 Å². The Morgan fingerprint density at radius 2 is 1.88 bits per heavy atom. The highest BCUT2D eigenvalue weighted by Crippen LogP contribution is 2.26. The van der Waals surface area contributed by atoms with Crippen LogP contribution in [-0.2, 0) is 9.59 Å². The highest BCUT2D eigenvalue weighted by Gasteiger charge is 2.21. The molecule has 0 saturated heterocycles. The van der Waals surface area contributed by atoms with Gasteiger partial charge < -0.3 is 16.4 Å². The van der Waals surface area contributed by atoms with Gasteiger partial charge in [-0.15, -0.1) is 0 Å². The lowest BCUT2D eigenvalue weighted by Crippen LogP contribution is -2.45. The Morgan fingerprint density at radius 1 is 1.24 bits per heavy atom. The average molecular weight is 241 g/mol. The molecule has 1 atom stereocenters. The van der Waals surface area contributed by atoms with E-state index in [1.54, 1.807) is 0 Å². The van der Waals surface area contributed by atoms with Crippen molar-refractivity contribution in [1.82, 2.24) is 10.6 Å². The van der Waals surface area contributed by atoms with Crippen LogP contribution < -0.4 is 16.4 Å². The van der Waals surface area contributed by atoms with Crippen LogP contribution in [0.1, 0.15) is 39.0 Å². The molecule has 5 nitrogen and oxygen atoms in total. The van der Waals surface area contributed by atoms with Gasteiger partial charge in [0.25, 0.3) is 0 Å². The quantitative estimate of drug-likeness (QED) is 0.640. The summed E-state index contributed by atoms with van der Waals surface area (Å²) in [5.41, 5.74) is 5.13. The van der Waals surface area contributed by atoms with Crippen molar-refractivity contribution < 1.29 is 9.59 Å². The maximum atomic E-state index is 11.5. The van der Waals surface area contributed by atoms with Crippen molar-refractivity contribution >= 4 is 11.8 Å². The molecule has 0 radical (unpaired) electrons. The van der Waals surface area contributed by atoms with Gasteiger partial charge in [0.1, 0.15) is 0 Å². The summed E-state index contributed by atoms with van der Waals surface area (Å²) in [6.45, 7) is 1.98. The maximum Gasteiger partial charge on any atom is 0.239 e. The van der Waals surface area contributed by atoms with Gasteiger partial charge in [0.15, 0.2) is 0 Å². The molecule has 0 unspecified atom stereocenters. The van der Waals surface area contributed by atoms with Crippen LogP contribution in [0.2, 0.25) is 0 Å². The number of nitrogens with two attached hydrogens (primary N) is 1. The van der Waals surface area contributed by atoms with Crippen molar-refractivity contribution in [2.45, 2.75) is 45.1 Å². The third-order valence-corrected chi connectivity index (χ3v) is 3.38. The molecule has 5 heteroatoms. The lowest BCUT2D eigenvalue weighted by atomic mass is 9.84. The van der Waals surface area contributed by atoms with E-state index in [0.29, 0.717) is 5.92 Å². The Morgan fingerprint density at radius 3 is 2.47 bits per heavy atom. The van der Waals surface area contributed by atoms with Crippen LogP contribution in [0.25, 0.3) is 0 Å². The molecular formula is C12H23N3O2. The molecule has 2 amide bonds. The monoisotopic (exact) mass is 241 g/mol. The summed E-state index contributed by atoms with van der Waals surface area (Å²) in [5.74, 6) is 0.147. The minimum atomic E-state index is -0.300. The normalized spacial score (nSPS) is 18.5. The van der Waals surface area contributed by atoms with Crippen molar-refractivity contribution in [3.8, 4) is 0 Å². The van der Waals surface area contributed by atoms with Gasteiger partial charge in [-0.25, -0.2) is 0 Å². The Labute approximate surface area is 103 Å². The molecule has 1 rings (SSSR count). The molecule has 0 spiro atoms. The van der Waals surface area contributed by atoms with Crippen molar-refractivity contribution in [2.75, 3.05) is 13.1 Å². The van der Waals surface area contributed by atoms with Crippen molar-refractivity contribution in [2.24, 2.45) is 11.7 Å². The van der Waals surface area contributed by atoms with Crippen molar-refractivity contribution in [3.05, 3.63) is 0 Å². The molecule has 0 aromatic rings. The summed E-state index contributed by atoms with van der Waals surface area (Å²) in [5, 5.41) is 5.40. The molecule has 0 bridgehead atoms. The predicted octanol–water partition coefficient (Wildman–Crippen LogP) is 0.146. The summed E-state index contributed by atoms with van der Waals surface area (Å²) < 4.78 is 0. The van der Waals surface area contributed by atoms with Gasteiger partial charge in [-0.05, 0) is 25.7 Å². The number of hydrogen-bond acceptors (Lipinski definition) is 3. The molecule has 98 valence electrons. The highest BCUT2D eigenvalue weighted by molar-refractivity contribution is 5.85. The molecule has 0 heterocycles. The Kier molecular flexibility index (Phi) is 5.97. The summed E-state index contributed by atoms with van der Waals surface area (Å²) in [6.07, 6.45) is 6.21. The van der Waals surface area contributed by atoms with Crippen LogP contribution in [0, 0.1) is 5.92 Å². The van der Waals surface area contributed by atoms with E-state index < -0.39 is 0 Å². The third kappa shape index (κ3) is 5.17. The Hall–Kier alpha value is -1.10. The van der Waals surface area contributed by atoms with Gasteiger partial charge in [0.2, 0.25) is 11.8 Å². The van der Waals surface area contributed by atoms with E-state index in [0.717, 1.165) is 0 Å². The summed E-state index contributed by atoms with van der Waals surface area (Å²) >= 11 is 0. The van der Waals surface area contributed by atoms with E-state index in [9.17, 15) is 9.59 Å². The van der Waals surface area contributed by atoms with Gasteiger partial charge in [0.05, 0.1) is 13.1 Å². The second-order valence-electron chi connectivity index (χ2n) is 4.74. The molecule has 1 fully saturated rings. The smallest absolute Gasteiger partial charge is 0.239 e. The Bertz CT molecular complexity index is 262. The lowest BCUT2D eigenvalue weighted by Gasteiger charge is -2.28. The minimum absolute atomic E-state index is 0.0209. The van der Waals surface area contributed by atoms with Crippen LogP contribution in [0.3, 0.4) is 0 Å². The zero-order chi connectivity index (χ0) is 12.7. The van der Waals surface area contributed by atoms with E-state index in [1.165, 1.54) is 32.1 Å². The summed E-state index contributed by atoms with van der Waals surface area (Å²) in [7, 11) is 0. The van der Waals surface area contributed by atoms with Gasteiger partial charge in [0, 0.05) is 6.04 Å². The van der Waals surface area contributed by atoms with E-state index in [1.807, 2.05) is 6.92 Å². The van der Waals surface area contributed by atoms with Crippen molar-refractivity contribution in [3.63, 3.8) is 0 Å². The SMILES string of the molecule is C[C@@H](NC(=O)CNC(=O)CN)C1CCCCC1. The molecule has 1 saturated carbocycles. The first-order chi connectivity index (χ1) is 8.13. The molecule has 0 aromatic carbocycles. The second kappa shape index (κ2) is 7.27. The zero-order valence-corrected chi connectivity index (χ0v) is 10.5. The highest BCUT2D eigenvalue weighted by atomic mass is 16.2. The second-order valence-corrected chi connectivity index (χ2v) is 4.74. The fraction of sp³-hybridized carbons (Fsp3) is 0.833. The molecule has 0 aliphatic heterocycles. The van der Waals surface area contributed by atoms with Crippen LogP contribution in [0.15, 0.2) is 0 Å². The number of nitrogens with one attached hydrogen (secondary N) is 2. The van der Waals surface area contributed by atoms with Crippen LogP contribution in [-0.4, -0.2) is 30.9 Å². The number of rotatable bonds is 5. The minimum Gasteiger partial charge on any atom is -0.352 e. The first-order valence-corrected chi connectivity index (χ1v) is 6.39. The molecular weight excluding hydrogens is 218 g/mol. The van der Waals surface area contributed by atoms with Crippen LogP contribution >= 0.6 is 0 Å². The van der Waals surface area contributed by atoms with Crippen LogP contribution in [0.5, 0.6) is 0 Å². The van der Waals surface area contributed by atoms with E-state index >= 15 is 0 Å². The molecule has 4 N–H and O–H groups in total. The fourth-order valence-electron chi connectivity index (χ4n) is 2.31. The van der Waals surface area contributed by atoms with Crippen molar-refractivity contribution in [1.29, 1.82) is 0 Å². The van der Waals surface area contributed by atoms with Crippen LogP contribution in [0.4, 0.5) is 0 Å². The number of amides is 2. The lowest BCUT2D eigenvalue weighted by molar-refractivity contribution is -0.125. The van der Waals surface area contributed by atoms with E-state index in [-0.39, 0.29) is 30.9 Å². The van der Waals surface area contributed by atoms with E-state index in [4.69, 9.17) is 5.73 Å². The predicted molar refractivity (Wildman–Crippen MR) is 66.2 cm³/mol. The number of hydrogen-bond donors (Lipinski definition) is 3.